The minimum atomic E-state index is -0.996. The van der Waals surface area contributed by atoms with Gasteiger partial charge in [-0.2, -0.15) is 0 Å². The predicted molar refractivity (Wildman–Crippen MR) is 131 cm³/mol. The fourth-order valence-corrected chi connectivity index (χ4v) is 5.19. The average Bonchev–Trinajstić information content (AvgIpc) is 3.23. The summed E-state index contributed by atoms with van der Waals surface area (Å²) in [7, 11) is 0. The van der Waals surface area contributed by atoms with Gasteiger partial charge < -0.3 is 20.5 Å². The number of rotatable bonds is 5. The highest BCUT2D eigenvalue weighted by Gasteiger charge is 2.37. The molecule has 0 bridgehead atoms. The molecule has 7 nitrogen and oxygen atoms in total. The van der Waals surface area contributed by atoms with Gasteiger partial charge in [0.15, 0.2) is 11.6 Å². The van der Waals surface area contributed by atoms with E-state index in [1.165, 1.54) is 22.9 Å². The topological polar surface area (TPSA) is 92.2 Å². The van der Waals surface area contributed by atoms with Gasteiger partial charge in [0.25, 0.3) is 11.5 Å². The second-order valence-corrected chi connectivity index (χ2v) is 9.47. The van der Waals surface area contributed by atoms with Crippen LogP contribution in [-0.2, 0) is 6.54 Å². The minimum absolute atomic E-state index is 0.00106. The number of hydrogen-bond acceptors (Lipinski definition) is 3. The molecule has 3 unspecified atom stereocenters. The van der Waals surface area contributed by atoms with Crippen LogP contribution in [0.5, 0.6) is 0 Å². The zero-order valence-electron chi connectivity index (χ0n) is 19.7. The molecular weight excluding hydrogens is 466 g/mol. The van der Waals surface area contributed by atoms with Crippen LogP contribution in [0.15, 0.2) is 59.5 Å². The zero-order chi connectivity index (χ0) is 25.4. The van der Waals surface area contributed by atoms with Gasteiger partial charge in [-0.15, -0.1) is 0 Å². The first-order valence-electron chi connectivity index (χ1n) is 11.9. The lowest BCUT2D eigenvalue weighted by atomic mass is 9.78. The lowest BCUT2D eigenvalue weighted by molar-refractivity contribution is 0.102. The van der Waals surface area contributed by atoms with E-state index in [4.69, 9.17) is 0 Å². The molecule has 2 fully saturated rings. The van der Waals surface area contributed by atoms with E-state index in [0.717, 1.165) is 42.5 Å². The number of urea groups is 1. The van der Waals surface area contributed by atoms with Crippen molar-refractivity contribution in [3.63, 3.8) is 0 Å². The highest BCUT2D eigenvalue weighted by molar-refractivity contribution is 6.04. The summed E-state index contributed by atoms with van der Waals surface area (Å²) in [5.74, 6) is -2.27. The number of carbonyl (C=O) groups excluding carboxylic acids is 2. The molecule has 3 amide bonds. The Kier molecular flexibility index (Phi) is 6.30. The molecule has 3 N–H and O–H groups in total. The molecule has 5 rings (SSSR count). The number of hydrogen-bond donors (Lipinski definition) is 3. The summed E-state index contributed by atoms with van der Waals surface area (Å²) in [6, 6.07) is 12.2. The van der Waals surface area contributed by atoms with Gasteiger partial charge in [-0.25, -0.2) is 13.6 Å². The SMILES string of the molecule is Cc1ccc(NC(=O)c2cccn(Cc3ccc(F)c(F)c3)c2=O)cc1C1CCC2NC(=O)NC2C1. The van der Waals surface area contributed by atoms with E-state index in [-0.39, 0.29) is 36.1 Å². The maximum absolute atomic E-state index is 13.6. The number of nitrogens with zero attached hydrogens (tertiary/aromatic N) is 1. The van der Waals surface area contributed by atoms with Crippen molar-refractivity contribution in [1.82, 2.24) is 15.2 Å². The van der Waals surface area contributed by atoms with E-state index in [1.54, 1.807) is 12.1 Å². The molecule has 1 saturated carbocycles. The second-order valence-electron chi connectivity index (χ2n) is 9.47. The summed E-state index contributed by atoms with van der Waals surface area (Å²) >= 11 is 0. The molecule has 2 aliphatic rings. The first-order valence-corrected chi connectivity index (χ1v) is 11.9. The van der Waals surface area contributed by atoms with Crippen molar-refractivity contribution < 1.29 is 18.4 Å². The highest BCUT2D eigenvalue weighted by Crippen LogP contribution is 2.37. The Labute approximate surface area is 206 Å². The lowest BCUT2D eigenvalue weighted by Crippen LogP contribution is -2.39. The van der Waals surface area contributed by atoms with Crippen LogP contribution in [0.4, 0.5) is 19.3 Å². The van der Waals surface area contributed by atoms with E-state index >= 15 is 0 Å². The Hall–Kier alpha value is -4.01. The summed E-state index contributed by atoms with van der Waals surface area (Å²) in [5, 5.41) is 8.76. The van der Waals surface area contributed by atoms with Crippen LogP contribution in [0, 0.1) is 18.6 Å². The molecule has 0 spiro atoms. The van der Waals surface area contributed by atoms with Crippen molar-refractivity contribution in [2.45, 2.75) is 50.7 Å². The van der Waals surface area contributed by atoms with Crippen molar-refractivity contribution in [3.8, 4) is 0 Å². The number of aryl methyl sites for hydroxylation is 1. The van der Waals surface area contributed by atoms with Gasteiger partial charge in [-0.3, -0.25) is 9.59 Å². The average molecular weight is 493 g/mol. The number of anilines is 1. The van der Waals surface area contributed by atoms with Crippen LogP contribution in [0.2, 0.25) is 0 Å². The van der Waals surface area contributed by atoms with Gasteiger partial charge in [0, 0.05) is 11.9 Å². The van der Waals surface area contributed by atoms with Crippen molar-refractivity contribution in [2.24, 2.45) is 0 Å². The van der Waals surface area contributed by atoms with Crippen molar-refractivity contribution in [3.05, 3.63) is 99.0 Å². The van der Waals surface area contributed by atoms with Crippen LogP contribution in [-0.4, -0.2) is 28.6 Å². The molecule has 9 heteroatoms. The van der Waals surface area contributed by atoms with Gasteiger partial charge in [-0.1, -0.05) is 12.1 Å². The molecule has 1 aromatic heterocycles. The molecule has 3 atom stereocenters. The smallest absolute Gasteiger partial charge is 0.315 e. The Morgan fingerprint density at radius 3 is 2.64 bits per heavy atom. The van der Waals surface area contributed by atoms with Gasteiger partial charge in [0.1, 0.15) is 5.56 Å². The lowest BCUT2D eigenvalue weighted by Gasteiger charge is -2.31. The molecule has 1 aliphatic carbocycles. The van der Waals surface area contributed by atoms with Crippen molar-refractivity contribution >= 4 is 17.6 Å². The van der Waals surface area contributed by atoms with Crippen LogP contribution < -0.4 is 21.5 Å². The van der Waals surface area contributed by atoms with Crippen LogP contribution in [0.3, 0.4) is 0 Å². The fourth-order valence-electron chi connectivity index (χ4n) is 5.19. The third kappa shape index (κ3) is 4.73. The third-order valence-corrected chi connectivity index (χ3v) is 7.06. The first-order chi connectivity index (χ1) is 17.3. The minimum Gasteiger partial charge on any atom is -0.333 e. The number of fused-ring (bicyclic) bond motifs is 1. The standard InChI is InChI=1S/C27H26F2N4O3/c1-15-4-7-18(13-20(15)17-6-9-23-24(12-17)32-27(36)31-23)30-25(34)19-3-2-10-33(26(19)35)14-16-5-8-21(28)22(29)11-16/h2-5,7-8,10-11,13,17,23-24H,6,9,12,14H2,1H3,(H,30,34)(H2,31,32,36). The normalized spacial score (nSPS) is 20.9. The zero-order valence-corrected chi connectivity index (χ0v) is 19.7. The number of amides is 3. The monoisotopic (exact) mass is 492 g/mol. The summed E-state index contributed by atoms with van der Waals surface area (Å²) in [6.07, 6.45) is 4.12. The fraction of sp³-hybridized carbons (Fsp3) is 0.296. The van der Waals surface area contributed by atoms with Crippen molar-refractivity contribution in [2.75, 3.05) is 5.32 Å². The Balaban J connectivity index is 1.33. The highest BCUT2D eigenvalue weighted by atomic mass is 19.2. The Morgan fingerprint density at radius 2 is 1.83 bits per heavy atom. The molecule has 2 heterocycles. The van der Waals surface area contributed by atoms with E-state index in [0.29, 0.717) is 11.3 Å². The quantitative estimate of drug-likeness (QED) is 0.502. The number of nitrogens with one attached hydrogen (secondary N) is 3. The number of halogens is 2. The second kappa shape index (κ2) is 9.56. The van der Waals surface area contributed by atoms with E-state index in [9.17, 15) is 23.2 Å². The molecule has 1 aliphatic heterocycles. The predicted octanol–water partition coefficient (Wildman–Crippen LogP) is 4.05. The summed E-state index contributed by atoms with van der Waals surface area (Å²) < 4.78 is 28.1. The molecule has 36 heavy (non-hydrogen) atoms. The van der Waals surface area contributed by atoms with E-state index in [2.05, 4.69) is 16.0 Å². The summed E-state index contributed by atoms with van der Waals surface area (Å²) in [4.78, 5) is 37.6. The van der Waals surface area contributed by atoms with Crippen LogP contribution >= 0.6 is 0 Å². The first kappa shape index (κ1) is 23.7. The summed E-state index contributed by atoms with van der Waals surface area (Å²) in [5.41, 5.74) is 2.60. The third-order valence-electron chi connectivity index (χ3n) is 7.06. The number of carbonyl (C=O) groups is 2. The number of aromatic nitrogens is 1. The van der Waals surface area contributed by atoms with Crippen LogP contribution in [0.1, 0.15) is 52.2 Å². The molecule has 3 aromatic rings. The molecule has 186 valence electrons. The Morgan fingerprint density at radius 1 is 1.03 bits per heavy atom. The van der Waals surface area contributed by atoms with Gasteiger partial charge in [0.2, 0.25) is 0 Å². The molecule has 2 aromatic carbocycles. The number of pyridine rings is 1. The maximum Gasteiger partial charge on any atom is 0.315 e. The van der Waals surface area contributed by atoms with Gasteiger partial charge in [0.05, 0.1) is 18.6 Å². The van der Waals surface area contributed by atoms with Gasteiger partial charge in [-0.05, 0) is 85.2 Å². The van der Waals surface area contributed by atoms with Crippen LogP contribution in [0.25, 0.3) is 0 Å². The van der Waals surface area contributed by atoms with E-state index in [1.807, 2.05) is 19.1 Å². The van der Waals surface area contributed by atoms with Gasteiger partial charge >= 0.3 is 6.03 Å². The molecule has 1 saturated heterocycles. The molecule has 0 radical (unpaired) electrons. The number of benzene rings is 2. The largest absolute Gasteiger partial charge is 0.333 e. The molecular formula is C27H26F2N4O3. The van der Waals surface area contributed by atoms with E-state index < -0.39 is 23.1 Å². The Bertz CT molecular complexity index is 1400. The van der Waals surface area contributed by atoms with Crippen molar-refractivity contribution in [1.29, 1.82) is 0 Å². The maximum atomic E-state index is 13.6. The summed E-state index contributed by atoms with van der Waals surface area (Å²) in [6.45, 7) is 2.02.